The van der Waals surface area contributed by atoms with Crippen molar-refractivity contribution in [2.24, 2.45) is 11.8 Å². The van der Waals surface area contributed by atoms with Gasteiger partial charge in [0.15, 0.2) is 0 Å². The molecule has 0 spiro atoms. The third-order valence-corrected chi connectivity index (χ3v) is 5.08. The third-order valence-electron chi connectivity index (χ3n) is 4.07. The molecule has 2 saturated carbocycles. The van der Waals surface area contributed by atoms with Gasteiger partial charge in [-0.25, -0.2) is 0 Å². The molecule has 3 heteroatoms. The largest absolute Gasteiger partial charge is 0.497 e. The van der Waals surface area contributed by atoms with E-state index in [0.29, 0.717) is 0 Å². The van der Waals surface area contributed by atoms with E-state index in [1.807, 2.05) is 23.9 Å². The molecule has 0 atom stereocenters. The highest BCUT2D eigenvalue weighted by Gasteiger charge is 2.40. The molecule has 104 valence electrons. The van der Waals surface area contributed by atoms with E-state index in [1.165, 1.54) is 30.6 Å². The lowest BCUT2D eigenvalue weighted by Gasteiger charge is -2.17. The summed E-state index contributed by atoms with van der Waals surface area (Å²) >= 11 is 1.93. The van der Waals surface area contributed by atoms with Crippen molar-refractivity contribution in [3.8, 4) is 5.75 Å². The van der Waals surface area contributed by atoms with Gasteiger partial charge >= 0.3 is 0 Å². The number of nitrogens with one attached hydrogen (secondary N) is 1. The number of hydrogen-bond donors (Lipinski definition) is 1. The lowest BCUT2D eigenvalue weighted by Crippen LogP contribution is -2.34. The highest BCUT2D eigenvalue weighted by Crippen LogP contribution is 2.44. The summed E-state index contributed by atoms with van der Waals surface area (Å²) in [5.41, 5.74) is 0. The zero-order valence-electron chi connectivity index (χ0n) is 11.6. The van der Waals surface area contributed by atoms with E-state index >= 15 is 0 Å². The first-order chi connectivity index (χ1) is 9.36. The maximum absolute atomic E-state index is 5.17. The Bertz CT molecular complexity index is 386. The van der Waals surface area contributed by atoms with Crippen LogP contribution in [0.1, 0.15) is 25.7 Å². The van der Waals surface area contributed by atoms with Gasteiger partial charge in [0.2, 0.25) is 0 Å². The van der Waals surface area contributed by atoms with Gasteiger partial charge in [0.25, 0.3) is 0 Å². The maximum Gasteiger partial charge on any atom is 0.118 e. The molecule has 19 heavy (non-hydrogen) atoms. The lowest BCUT2D eigenvalue weighted by atomic mass is 10.1. The summed E-state index contributed by atoms with van der Waals surface area (Å²) in [7, 11) is 1.71. The van der Waals surface area contributed by atoms with Gasteiger partial charge in [-0.1, -0.05) is 0 Å². The summed E-state index contributed by atoms with van der Waals surface area (Å²) in [5.74, 6) is 4.09. The molecule has 0 bridgehead atoms. The molecule has 1 N–H and O–H groups in total. The second-order valence-electron chi connectivity index (χ2n) is 5.68. The minimum atomic E-state index is 0.830. The van der Waals surface area contributed by atoms with Gasteiger partial charge in [0, 0.05) is 23.2 Å². The molecule has 0 aromatic heterocycles. The summed E-state index contributed by atoms with van der Waals surface area (Å²) in [6.07, 6.45) is 5.83. The zero-order chi connectivity index (χ0) is 13.1. The molecule has 1 aromatic carbocycles. The molecule has 0 saturated heterocycles. The number of benzene rings is 1. The summed E-state index contributed by atoms with van der Waals surface area (Å²) in [5, 5.41) is 3.79. The average molecular weight is 277 g/mol. The predicted molar refractivity (Wildman–Crippen MR) is 81.0 cm³/mol. The number of ether oxygens (including phenoxy) is 1. The van der Waals surface area contributed by atoms with E-state index in [-0.39, 0.29) is 0 Å². The van der Waals surface area contributed by atoms with Crippen LogP contribution in [0.25, 0.3) is 0 Å². The van der Waals surface area contributed by atoms with Gasteiger partial charge in [0.05, 0.1) is 7.11 Å². The van der Waals surface area contributed by atoms with Gasteiger partial charge in [-0.2, -0.15) is 0 Å². The van der Waals surface area contributed by atoms with Crippen molar-refractivity contribution >= 4 is 11.8 Å². The monoisotopic (exact) mass is 277 g/mol. The molecule has 2 nitrogen and oxygen atoms in total. The van der Waals surface area contributed by atoms with Crippen LogP contribution in [0.3, 0.4) is 0 Å². The quantitative estimate of drug-likeness (QED) is 0.580. The van der Waals surface area contributed by atoms with Crippen LogP contribution in [0.4, 0.5) is 0 Å². The first-order valence-electron chi connectivity index (χ1n) is 7.37. The Kier molecular flexibility index (Phi) is 4.34. The Hall–Kier alpha value is -0.670. The summed E-state index contributed by atoms with van der Waals surface area (Å²) in [6.45, 7) is 1.13. The Morgan fingerprint density at radius 1 is 1.16 bits per heavy atom. The number of hydrogen-bond acceptors (Lipinski definition) is 3. The molecule has 1 aromatic rings. The second kappa shape index (κ2) is 6.19. The molecule has 2 aliphatic carbocycles. The van der Waals surface area contributed by atoms with Crippen LogP contribution in [0.15, 0.2) is 29.2 Å². The van der Waals surface area contributed by atoms with Crippen LogP contribution in [0.2, 0.25) is 0 Å². The molecule has 2 fully saturated rings. The smallest absolute Gasteiger partial charge is 0.118 e. The molecule has 0 amide bonds. The van der Waals surface area contributed by atoms with Gasteiger partial charge in [-0.15, -0.1) is 11.8 Å². The topological polar surface area (TPSA) is 21.3 Å². The fourth-order valence-corrected chi connectivity index (χ4v) is 3.48. The molecule has 3 rings (SSSR count). The van der Waals surface area contributed by atoms with E-state index in [4.69, 9.17) is 4.74 Å². The lowest BCUT2D eigenvalue weighted by molar-refractivity contribution is 0.414. The molecule has 0 radical (unpaired) electrons. The summed E-state index contributed by atoms with van der Waals surface area (Å²) in [4.78, 5) is 1.33. The van der Waals surface area contributed by atoms with Crippen LogP contribution in [-0.4, -0.2) is 25.4 Å². The van der Waals surface area contributed by atoms with Gasteiger partial charge in [-0.3, -0.25) is 0 Å². The average Bonchev–Trinajstić information content (AvgIpc) is 3.32. The van der Waals surface area contributed by atoms with E-state index in [9.17, 15) is 0 Å². The highest BCUT2D eigenvalue weighted by atomic mass is 32.2. The first kappa shape index (κ1) is 13.3. The van der Waals surface area contributed by atoms with Gasteiger partial charge < -0.3 is 10.1 Å². The summed E-state index contributed by atoms with van der Waals surface area (Å²) < 4.78 is 5.17. The molecule has 0 aliphatic heterocycles. The minimum absolute atomic E-state index is 0.830. The normalized spacial score (nSPS) is 18.8. The molecule has 0 heterocycles. The summed E-state index contributed by atoms with van der Waals surface area (Å²) in [6, 6.07) is 9.18. The van der Waals surface area contributed by atoms with Crippen molar-refractivity contribution in [2.45, 2.75) is 36.6 Å². The second-order valence-corrected chi connectivity index (χ2v) is 6.85. The van der Waals surface area contributed by atoms with Crippen molar-refractivity contribution in [1.29, 1.82) is 0 Å². The van der Waals surface area contributed by atoms with Crippen LogP contribution < -0.4 is 10.1 Å². The van der Waals surface area contributed by atoms with E-state index in [2.05, 4.69) is 17.4 Å². The highest BCUT2D eigenvalue weighted by molar-refractivity contribution is 7.99. The zero-order valence-corrected chi connectivity index (χ0v) is 12.4. The SMILES string of the molecule is COc1ccc(SCCNC(C2CC2)C2CC2)cc1. The van der Waals surface area contributed by atoms with Gasteiger partial charge in [-0.05, 0) is 61.8 Å². The van der Waals surface area contributed by atoms with E-state index in [0.717, 1.165) is 35.9 Å². The first-order valence-corrected chi connectivity index (χ1v) is 8.35. The Balaban J connectivity index is 1.37. The van der Waals surface area contributed by atoms with Crippen molar-refractivity contribution in [3.05, 3.63) is 24.3 Å². The van der Waals surface area contributed by atoms with Crippen molar-refractivity contribution in [1.82, 2.24) is 5.32 Å². The van der Waals surface area contributed by atoms with E-state index < -0.39 is 0 Å². The van der Waals surface area contributed by atoms with Gasteiger partial charge in [0.1, 0.15) is 5.75 Å². The van der Waals surface area contributed by atoms with Crippen molar-refractivity contribution in [3.63, 3.8) is 0 Å². The predicted octanol–water partition coefficient (Wildman–Crippen LogP) is 3.57. The van der Waals surface area contributed by atoms with E-state index in [1.54, 1.807) is 7.11 Å². The number of thioether (sulfide) groups is 1. The van der Waals surface area contributed by atoms with Crippen LogP contribution in [-0.2, 0) is 0 Å². The molecular formula is C16H23NOS. The standard InChI is InChI=1S/C16H23NOS/c1-18-14-6-8-15(9-7-14)19-11-10-17-16(12-2-3-12)13-4-5-13/h6-9,12-13,16-17H,2-5,10-11H2,1H3. The molecule has 2 aliphatic rings. The Morgan fingerprint density at radius 3 is 2.32 bits per heavy atom. The van der Waals surface area contributed by atoms with Crippen molar-refractivity contribution in [2.75, 3.05) is 19.4 Å². The fourth-order valence-electron chi connectivity index (χ4n) is 2.70. The number of rotatable bonds is 8. The van der Waals surface area contributed by atoms with Crippen LogP contribution in [0.5, 0.6) is 5.75 Å². The van der Waals surface area contributed by atoms with Crippen molar-refractivity contribution < 1.29 is 4.74 Å². The number of methoxy groups -OCH3 is 1. The maximum atomic E-state index is 5.17. The fraction of sp³-hybridized carbons (Fsp3) is 0.625. The van der Waals surface area contributed by atoms with Crippen LogP contribution >= 0.6 is 11.8 Å². The third kappa shape index (κ3) is 3.90. The molecule has 0 unspecified atom stereocenters. The minimum Gasteiger partial charge on any atom is -0.497 e. The Labute approximate surface area is 120 Å². The van der Waals surface area contributed by atoms with Crippen LogP contribution in [0, 0.1) is 11.8 Å². The molecular weight excluding hydrogens is 254 g/mol. The Morgan fingerprint density at radius 2 is 1.79 bits per heavy atom.